The Hall–Kier alpha value is -3.42. The summed E-state index contributed by atoms with van der Waals surface area (Å²) < 4.78 is 27.3. The first-order chi connectivity index (χ1) is 14.0. The molecule has 1 aromatic carbocycles. The molecule has 2 N–H and O–H groups in total. The summed E-state index contributed by atoms with van der Waals surface area (Å²) in [6.07, 6.45) is 2.44. The monoisotopic (exact) mass is 395 g/mol. The topological polar surface area (TPSA) is 85.0 Å². The molecule has 2 aromatic heterocycles. The summed E-state index contributed by atoms with van der Waals surface area (Å²) in [4.78, 5) is 18.9. The molecule has 1 aliphatic heterocycles. The van der Waals surface area contributed by atoms with Gasteiger partial charge in [0, 0.05) is 36.8 Å². The minimum absolute atomic E-state index is 0.00960. The number of nitrogen functional groups attached to an aromatic ring is 1. The Balaban J connectivity index is 1.50. The number of nitrogens with two attached hydrogens (primary N) is 1. The van der Waals surface area contributed by atoms with E-state index in [1.165, 1.54) is 6.07 Å². The SMILES string of the molecule is Nc1ccc(-c2ccc(F)cc2F)nc1CC(=O)N1CCC(c2cccnn2)C1. The molecule has 3 heterocycles. The van der Waals surface area contributed by atoms with E-state index in [2.05, 4.69) is 15.2 Å². The van der Waals surface area contributed by atoms with Gasteiger partial charge in [0.05, 0.1) is 29.2 Å². The Labute approximate surface area is 166 Å². The lowest BCUT2D eigenvalue weighted by atomic mass is 10.1. The van der Waals surface area contributed by atoms with Crippen molar-refractivity contribution in [2.75, 3.05) is 18.8 Å². The molecule has 8 heteroatoms. The summed E-state index contributed by atoms with van der Waals surface area (Å²) in [6, 6.07) is 10.2. The molecule has 0 aliphatic carbocycles. The Morgan fingerprint density at radius 1 is 1.21 bits per heavy atom. The fourth-order valence-corrected chi connectivity index (χ4v) is 3.52. The predicted octanol–water partition coefficient (Wildman–Crippen LogP) is 2.96. The van der Waals surface area contributed by atoms with Crippen molar-refractivity contribution >= 4 is 11.6 Å². The zero-order chi connectivity index (χ0) is 20.4. The second-order valence-corrected chi connectivity index (χ2v) is 7.01. The minimum Gasteiger partial charge on any atom is -0.397 e. The second-order valence-electron chi connectivity index (χ2n) is 7.01. The van der Waals surface area contributed by atoms with Crippen molar-refractivity contribution in [3.63, 3.8) is 0 Å². The Kier molecular flexibility index (Phi) is 5.16. The van der Waals surface area contributed by atoms with Crippen molar-refractivity contribution in [2.24, 2.45) is 0 Å². The number of likely N-dealkylation sites (tertiary alicyclic amines) is 1. The molecule has 6 nitrogen and oxygen atoms in total. The maximum atomic E-state index is 14.1. The standard InChI is InChI=1S/C21H19F2N5O/c22-14-3-4-15(16(23)10-14)19-6-5-17(24)20(26-19)11-21(29)28-9-7-13(12-28)18-2-1-8-25-27-18/h1-6,8,10,13H,7,9,11-12,24H2. The van der Waals surface area contributed by atoms with Gasteiger partial charge in [-0.05, 0) is 42.8 Å². The predicted molar refractivity (Wildman–Crippen MR) is 104 cm³/mol. The first kappa shape index (κ1) is 18.9. The van der Waals surface area contributed by atoms with Crippen LogP contribution in [0.4, 0.5) is 14.5 Å². The van der Waals surface area contributed by atoms with Crippen LogP contribution in [-0.2, 0) is 11.2 Å². The van der Waals surface area contributed by atoms with Crippen molar-refractivity contribution in [1.29, 1.82) is 0 Å². The van der Waals surface area contributed by atoms with Gasteiger partial charge in [0.15, 0.2) is 0 Å². The van der Waals surface area contributed by atoms with Crippen molar-refractivity contribution < 1.29 is 13.6 Å². The van der Waals surface area contributed by atoms with E-state index in [-0.39, 0.29) is 23.8 Å². The van der Waals surface area contributed by atoms with Crippen LogP contribution in [0.3, 0.4) is 0 Å². The van der Waals surface area contributed by atoms with Gasteiger partial charge in [-0.25, -0.2) is 8.78 Å². The van der Waals surface area contributed by atoms with Gasteiger partial charge in [-0.15, -0.1) is 0 Å². The van der Waals surface area contributed by atoms with Gasteiger partial charge >= 0.3 is 0 Å². The summed E-state index contributed by atoms with van der Waals surface area (Å²) in [6.45, 7) is 1.18. The molecule has 1 unspecified atom stereocenters. The third-order valence-corrected chi connectivity index (χ3v) is 5.09. The van der Waals surface area contributed by atoms with Crippen molar-refractivity contribution in [3.05, 3.63) is 71.7 Å². The normalized spacial score (nSPS) is 16.2. The van der Waals surface area contributed by atoms with E-state index < -0.39 is 11.6 Å². The molecule has 3 aromatic rings. The van der Waals surface area contributed by atoms with Crippen LogP contribution in [0.15, 0.2) is 48.7 Å². The van der Waals surface area contributed by atoms with Crippen LogP contribution >= 0.6 is 0 Å². The molecule has 1 amide bonds. The Morgan fingerprint density at radius 3 is 2.83 bits per heavy atom. The average Bonchev–Trinajstić information content (AvgIpc) is 3.21. The van der Waals surface area contributed by atoms with E-state index in [9.17, 15) is 13.6 Å². The number of nitrogens with zero attached hydrogens (tertiary/aromatic N) is 4. The van der Waals surface area contributed by atoms with Crippen molar-refractivity contribution in [3.8, 4) is 11.3 Å². The first-order valence-electron chi connectivity index (χ1n) is 9.27. The summed E-state index contributed by atoms with van der Waals surface area (Å²) in [5.74, 6) is -1.33. The Morgan fingerprint density at radius 2 is 2.07 bits per heavy atom. The van der Waals surface area contributed by atoms with Gasteiger partial charge < -0.3 is 10.6 Å². The van der Waals surface area contributed by atoms with Gasteiger partial charge in [-0.2, -0.15) is 10.2 Å². The largest absolute Gasteiger partial charge is 0.397 e. The fourth-order valence-electron chi connectivity index (χ4n) is 3.52. The molecule has 1 fully saturated rings. The maximum absolute atomic E-state index is 14.1. The number of hydrogen-bond acceptors (Lipinski definition) is 5. The number of rotatable bonds is 4. The van der Waals surface area contributed by atoms with E-state index >= 15 is 0 Å². The van der Waals surface area contributed by atoms with Crippen molar-refractivity contribution in [2.45, 2.75) is 18.8 Å². The number of carbonyl (C=O) groups is 1. The van der Waals surface area contributed by atoms with Gasteiger partial charge in [-0.1, -0.05) is 0 Å². The summed E-state index contributed by atoms with van der Waals surface area (Å²) in [5.41, 5.74) is 8.05. The number of aromatic nitrogens is 3. The van der Waals surface area contributed by atoms with E-state index in [4.69, 9.17) is 5.73 Å². The first-order valence-corrected chi connectivity index (χ1v) is 9.27. The third-order valence-electron chi connectivity index (χ3n) is 5.09. The van der Waals surface area contributed by atoms with Gasteiger partial charge in [-0.3, -0.25) is 9.78 Å². The van der Waals surface area contributed by atoms with E-state index in [1.807, 2.05) is 12.1 Å². The molecule has 0 saturated carbocycles. The highest BCUT2D eigenvalue weighted by atomic mass is 19.1. The number of hydrogen-bond donors (Lipinski definition) is 1. The Bertz CT molecular complexity index is 1040. The number of halogens is 2. The molecule has 0 radical (unpaired) electrons. The minimum atomic E-state index is -0.717. The van der Waals surface area contributed by atoms with Crippen LogP contribution in [0.1, 0.15) is 23.7 Å². The van der Waals surface area contributed by atoms with Crippen LogP contribution in [0.25, 0.3) is 11.3 Å². The molecular weight excluding hydrogens is 376 g/mol. The number of amides is 1. The van der Waals surface area contributed by atoms with Gasteiger partial charge in [0.1, 0.15) is 11.6 Å². The van der Waals surface area contributed by atoms with E-state index in [0.29, 0.717) is 30.2 Å². The average molecular weight is 395 g/mol. The van der Waals surface area contributed by atoms with Crippen LogP contribution < -0.4 is 5.73 Å². The number of carbonyl (C=O) groups excluding carboxylic acids is 1. The lowest BCUT2D eigenvalue weighted by molar-refractivity contribution is -0.129. The fraction of sp³-hybridized carbons (Fsp3) is 0.238. The number of anilines is 1. The summed E-state index contributed by atoms with van der Waals surface area (Å²) >= 11 is 0. The zero-order valence-corrected chi connectivity index (χ0v) is 15.6. The molecule has 1 aliphatic rings. The van der Waals surface area contributed by atoms with E-state index in [0.717, 1.165) is 24.2 Å². The molecule has 29 heavy (non-hydrogen) atoms. The summed E-state index contributed by atoms with van der Waals surface area (Å²) in [5, 5.41) is 8.03. The highest BCUT2D eigenvalue weighted by Crippen LogP contribution is 2.27. The highest BCUT2D eigenvalue weighted by Gasteiger charge is 2.28. The quantitative estimate of drug-likeness (QED) is 0.734. The van der Waals surface area contributed by atoms with Crippen LogP contribution in [-0.4, -0.2) is 39.1 Å². The number of benzene rings is 1. The van der Waals surface area contributed by atoms with Crippen LogP contribution in [0.5, 0.6) is 0 Å². The van der Waals surface area contributed by atoms with Gasteiger partial charge in [0.2, 0.25) is 5.91 Å². The lowest BCUT2D eigenvalue weighted by Crippen LogP contribution is -2.30. The highest BCUT2D eigenvalue weighted by molar-refractivity contribution is 5.80. The van der Waals surface area contributed by atoms with Crippen molar-refractivity contribution in [1.82, 2.24) is 20.1 Å². The summed E-state index contributed by atoms with van der Waals surface area (Å²) in [7, 11) is 0. The molecule has 148 valence electrons. The third kappa shape index (κ3) is 4.06. The molecule has 1 atom stereocenters. The molecule has 0 bridgehead atoms. The second kappa shape index (κ2) is 7.90. The zero-order valence-electron chi connectivity index (χ0n) is 15.6. The van der Waals surface area contributed by atoms with Crippen LogP contribution in [0, 0.1) is 11.6 Å². The maximum Gasteiger partial charge on any atom is 0.228 e. The molecule has 1 saturated heterocycles. The smallest absolute Gasteiger partial charge is 0.228 e. The lowest BCUT2D eigenvalue weighted by Gasteiger charge is -2.17. The number of pyridine rings is 1. The van der Waals surface area contributed by atoms with Gasteiger partial charge in [0.25, 0.3) is 0 Å². The molecular formula is C21H19F2N5O. The molecule has 0 spiro atoms. The van der Waals surface area contributed by atoms with Crippen LogP contribution in [0.2, 0.25) is 0 Å². The van der Waals surface area contributed by atoms with E-state index in [1.54, 1.807) is 23.2 Å². The molecule has 4 rings (SSSR count).